The van der Waals surface area contributed by atoms with Gasteiger partial charge in [-0.3, -0.25) is 14.6 Å². The summed E-state index contributed by atoms with van der Waals surface area (Å²) in [7, 11) is 0. The molecule has 0 N–H and O–H groups in total. The first-order valence-corrected chi connectivity index (χ1v) is 11.6. The van der Waals surface area contributed by atoms with Crippen molar-refractivity contribution in [3.05, 3.63) is 65.0 Å². The molecule has 1 atom stereocenters. The third kappa shape index (κ3) is 6.05. The van der Waals surface area contributed by atoms with Crippen LogP contribution < -0.4 is 0 Å². The lowest BCUT2D eigenvalue weighted by atomic mass is 10.1. The maximum absolute atomic E-state index is 14.0. The molecule has 1 unspecified atom stereocenters. The van der Waals surface area contributed by atoms with E-state index in [1.807, 2.05) is 17.7 Å². The third-order valence-electron chi connectivity index (χ3n) is 5.93. The Kier molecular flexibility index (Phi) is 8.72. The van der Waals surface area contributed by atoms with Crippen molar-refractivity contribution in [1.29, 1.82) is 5.26 Å². The van der Waals surface area contributed by atoms with Gasteiger partial charge in [-0.25, -0.2) is 8.78 Å². The van der Waals surface area contributed by atoms with Crippen LogP contribution in [0.15, 0.2) is 41.5 Å². The molecule has 1 aliphatic heterocycles. The molecule has 33 heavy (non-hydrogen) atoms. The van der Waals surface area contributed by atoms with Crippen molar-refractivity contribution >= 4 is 5.84 Å². The molecule has 176 valence electrons. The van der Waals surface area contributed by atoms with Gasteiger partial charge in [-0.2, -0.15) is 10.4 Å². The van der Waals surface area contributed by atoms with Crippen molar-refractivity contribution in [2.75, 3.05) is 32.7 Å². The van der Waals surface area contributed by atoms with Crippen molar-refractivity contribution in [3.63, 3.8) is 0 Å². The lowest BCUT2D eigenvalue weighted by molar-refractivity contribution is 0.172. The molecule has 1 aliphatic rings. The Bertz CT molecular complexity index is 1010. The highest BCUT2D eigenvalue weighted by Gasteiger charge is 2.21. The zero-order chi connectivity index (χ0) is 23.8. The predicted octanol–water partition coefficient (Wildman–Crippen LogP) is 4.34. The molecule has 2 aromatic rings. The molecular formula is C25H32F2N6. The topological polar surface area (TPSA) is 60.5 Å². The molecular weight excluding hydrogens is 422 g/mol. The quantitative estimate of drug-likeness (QED) is 0.440. The van der Waals surface area contributed by atoms with Crippen LogP contribution in [0.2, 0.25) is 0 Å². The number of allylic oxidation sites excluding steroid dienone is 1. The fourth-order valence-electron chi connectivity index (χ4n) is 4.04. The van der Waals surface area contributed by atoms with E-state index < -0.39 is 11.6 Å². The first-order chi connectivity index (χ1) is 16.0. The van der Waals surface area contributed by atoms with Crippen molar-refractivity contribution in [3.8, 4) is 6.07 Å². The van der Waals surface area contributed by atoms with Gasteiger partial charge < -0.3 is 4.90 Å². The van der Waals surface area contributed by atoms with Crippen molar-refractivity contribution in [2.24, 2.45) is 4.99 Å². The van der Waals surface area contributed by atoms with Gasteiger partial charge in [0.05, 0.1) is 30.0 Å². The molecule has 0 amide bonds. The highest BCUT2D eigenvalue weighted by atomic mass is 19.1. The maximum Gasteiger partial charge on any atom is 0.130 e. The lowest BCUT2D eigenvalue weighted by Gasteiger charge is -2.36. The van der Waals surface area contributed by atoms with E-state index in [0.29, 0.717) is 25.2 Å². The molecule has 1 fully saturated rings. The van der Waals surface area contributed by atoms with Gasteiger partial charge >= 0.3 is 0 Å². The number of piperazine rings is 1. The minimum absolute atomic E-state index is 0.0254. The van der Waals surface area contributed by atoms with Gasteiger partial charge in [0.15, 0.2) is 0 Å². The molecule has 0 radical (unpaired) electrons. The molecule has 0 spiro atoms. The Morgan fingerprint density at radius 3 is 2.52 bits per heavy atom. The summed E-state index contributed by atoms with van der Waals surface area (Å²) in [4.78, 5) is 9.17. The van der Waals surface area contributed by atoms with Gasteiger partial charge in [0.2, 0.25) is 0 Å². The molecule has 0 bridgehead atoms. The van der Waals surface area contributed by atoms with E-state index in [1.54, 1.807) is 6.20 Å². The van der Waals surface area contributed by atoms with Gasteiger partial charge in [-0.15, -0.1) is 0 Å². The number of nitriles is 1. The van der Waals surface area contributed by atoms with Crippen LogP contribution in [0.5, 0.6) is 0 Å². The van der Waals surface area contributed by atoms with E-state index in [4.69, 9.17) is 4.99 Å². The predicted molar refractivity (Wildman–Crippen MR) is 126 cm³/mol. The number of aromatic nitrogens is 2. The minimum Gasteiger partial charge on any atom is -0.354 e. The standard InChI is InChI=1S/C25H32F2N6/c1-4-6-10-25(29-16-19(3)33-24(5-2)20(15-28)17-30-33)32-13-11-31(12-14-32)18-21-22(26)8-7-9-23(21)27/h6-10,17,19H,4-5,11-14,16,18H2,1-3H3/b10-6-,29-25+. The fourth-order valence-corrected chi connectivity index (χ4v) is 4.04. The van der Waals surface area contributed by atoms with E-state index in [9.17, 15) is 14.0 Å². The molecule has 1 aromatic heterocycles. The molecule has 6 nitrogen and oxygen atoms in total. The second-order valence-corrected chi connectivity index (χ2v) is 8.24. The molecule has 0 aliphatic carbocycles. The number of amidine groups is 1. The largest absolute Gasteiger partial charge is 0.354 e. The molecule has 8 heteroatoms. The van der Waals surface area contributed by atoms with Crippen LogP contribution in [0, 0.1) is 23.0 Å². The molecule has 0 saturated carbocycles. The van der Waals surface area contributed by atoms with Crippen LogP contribution in [-0.4, -0.2) is 58.1 Å². The number of hydrogen-bond donors (Lipinski definition) is 0. The normalized spacial score (nSPS) is 16.4. The van der Waals surface area contributed by atoms with Gasteiger partial charge in [-0.1, -0.05) is 26.0 Å². The summed E-state index contributed by atoms with van der Waals surface area (Å²) in [5.74, 6) is -0.0838. The Balaban J connectivity index is 1.66. The summed E-state index contributed by atoms with van der Waals surface area (Å²) in [6.45, 7) is 9.84. The molecule has 2 heterocycles. The smallest absolute Gasteiger partial charge is 0.130 e. The highest BCUT2D eigenvalue weighted by molar-refractivity contribution is 5.93. The number of aliphatic imine (C=N–C) groups is 1. The zero-order valence-corrected chi connectivity index (χ0v) is 19.6. The van der Waals surface area contributed by atoms with Crippen molar-refractivity contribution in [2.45, 2.75) is 46.2 Å². The average molecular weight is 455 g/mol. The zero-order valence-electron chi connectivity index (χ0n) is 19.6. The number of benzene rings is 1. The van der Waals surface area contributed by atoms with Crippen LogP contribution in [0.1, 0.15) is 50.1 Å². The monoisotopic (exact) mass is 454 g/mol. The van der Waals surface area contributed by atoms with Gasteiger partial charge in [-0.05, 0) is 38.0 Å². The fraction of sp³-hybridized carbons (Fsp3) is 0.480. The van der Waals surface area contributed by atoms with E-state index in [1.165, 1.54) is 18.2 Å². The van der Waals surface area contributed by atoms with Crippen molar-refractivity contribution in [1.82, 2.24) is 19.6 Å². The number of hydrogen-bond acceptors (Lipinski definition) is 4. The molecule has 1 aromatic carbocycles. The second kappa shape index (κ2) is 11.7. The Morgan fingerprint density at radius 2 is 1.91 bits per heavy atom. The van der Waals surface area contributed by atoms with Crippen LogP contribution in [-0.2, 0) is 13.0 Å². The third-order valence-corrected chi connectivity index (χ3v) is 5.93. The first kappa shape index (κ1) is 24.6. The first-order valence-electron chi connectivity index (χ1n) is 11.6. The summed E-state index contributed by atoms with van der Waals surface area (Å²) in [5, 5.41) is 13.7. The van der Waals surface area contributed by atoms with E-state index >= 15 is 0 Å². The van der Waals surface area contributed by atoms with Crippen LogP contribution in [0.25, 0.3) is 0 Å². The lowest BCUT2D eigenvalue weighted by Crippen LogP contribution is -2.48. The summed E-state index contributed by atoms with van der Waals surface area (Å²) < 4.78 is 29.9. The summed E-state index contributed by atoms with van der Waals surface area (Å²) >= 11 is 0. The van der Waals surface area contributed by atoms with Crippen LogP contribution in [0.3, 0.4) is 0 Å². The summed E-state index contributed by atoms with van der Waals surface area (Å²) in [5.41, 5.74) is 1.67. The summed E-state index contributed by atoms with van der Waals surface area (Å²) in [6, 6.07) is 6.23. The van der Waals surface area contributed by atoms with E-state index in [2.05, 4.69) is 40.9 Å². The Morgan fingerprint density at radius 1 is 1.21 bits per heavy atom. The number of nitrogens with zero attached hydrogens (tertiary/aromatic N) is 6. The van der Waals surface area contributed by atoms with Gasteiger partial charge in [0.1, 0.15) is 23.5 Å². The Hall–Kier alpha value is -3.05. The van der Waals surface area contributed by atoms with E-state index in [-0.39, 0.29) is 18.2 Å². The van der Waals surface area contributed by atoms with Crippen LogP contribution >= 0.6 is 0 Å². The highest BCUT2D eigenvalue weighted by Crippen LogP contribution is 2.17. The van der Waals surface area contributed by atoms with Crippen LogP contribution in [0.4, 0.5) is 8.78 Å². The van der Waals surface area contributed by atoms with E-state index in [0.717, 1.165) is 37.5 Å². The number of halogens is 2. The second-order valence-electron chi connectivity index (χ2n) is 8.24. The SMILES string of the molecule is CC/C=C\C(=N/CC(C)n1ncc(C#N)c1CC)N1CCN(Cc2c(F)cccc2F)CC1. The summed E-state index contributed by atoms with van der Waals surface area (Å²) in [6.07, 6.45) is 7.40. The molecule has 1 saturated heterocycles. The number of rotatable bonds is 8. The Labute approximate surface area is 194 Å². The van der Waals surface area contributed by atoms with Gasteiger partial charge in [0, 0.05) is 38.3 Å². The van der Waals surface area contributed by atoms with Crippen molar-refractivity contribution < 1.29 is 8.78 Å². The molecule has 3 rings (SSSR count). The average Bonchev–Trinajstić information content (AvgIpc) is 3.25. The minimum atomic E-state index is -0.496. The maximum atomic E-state index is 14.0. The van der Waals surface area contributed by atoms with Gasteiger partial charge in [0.25, 0.3) is 0 Å².